The van der Waals surface area contributed by atoms with Crippen LogP contribution >= 0.6 is 0 Å². The van der Waals surface area contributed by atoms with Gasteiger partial charge in [-0.05, 0) is 18.2 Å². The van der Waals surface area contributed by atoms with Gasteiger partial charge in [-0.1, -0.05) is 5.92 Å². The number of carbonyl (C=O) groups is 1. The third kappa shape index (κ3) is 4.38. The molecule has 2 rings (SSSR count). The predicted octanol–water partition coefficient (Wildman–Crippen LogP) is 1.77. The quantitative estimate of drug-likeness (QED) is 0.377. The Morgan fingerprint density at radius 3 is 3.00 bits per heavy atom. The average Bonchev–Trinajstić information content (AvgIpc) is 2.61. The lowest BCUT2D eigenvalue weighted by atomic mass is 10.2. The normalized spacial score (nSPS) is 10.1. The molecule has 0 aliphatic heterocycles. The molecule has 0 unspecified atom stereocenters. The first-order chi connectivity index (χ1) is 11.6. The maximum atomic E-state index is 11.8. The number of nitrogens with one attached hydrogen (secondary N) is 1. The number of non-ortho nitro benzene ring substituents is 1. The molecule has 0 saturated heterocycles. The molecule has 0 saturated carbocycles. The van der Waals surface area contributed by atoms with Crippen LogP contribution in [0, 0.1) is 22.5 Å². The van der Waals surface area contributed by atoms with Gasteiger partial charge in [-0.15, -0.1) is 6.42 Å². The van der Waals surface area contributed by atoms with Gasteiger partial charge in [0.1, 0.15) is 12.4 Å². The maximum Gasteiger partial charge on any atom is 0.272 e. The van der Waals surface area contributed by atoms with Crippen LogP contribution in [0.2, 0.25) is 0 Å². The molecule has 1 aromatic heterocycles. The second kappa shape index (κ2) is 8.05. The van der Waals surface area contributed by atoms with E-state index in [9.17, 15) is 14.9 Å². The number of pyridine rings is 1. The zero-order chi connectivity index (χ0) is 17.4. The highest BCUT2D eigenvalue weighted by atomic mass is 16.6. The average molecular weight is 324 g/mol. The van der Waals surface area contributed by atoms with Crippen molar-refractivity contribution in [1.82, 2.24) is 10.4 Å². The van der Waals surface area contributed by atoms with Gasteiger partial charge < -0.3 is 4.74 Å². The minimum absolute atomic E-state index is 0.000689. The van der Waals surface area contributed by atoms with Crippen LogP contribution in [-0.4, -0.2) is 28.6 Å². The Morgan fingerprint density at radius 2 is 2.33 bits per heavy atom. The van der Waals surface area contributed by atoms with Gasteiger partial charge in [0.05, 0.1) is 16.7 Å². The number of rotatable bonds is 6. The van der Waals surface area contributed by atoms with Gasteiger partial charge in [-0.3, -0.25) is 19.9 Å². The first-order valence-electron chi connectivity index (χ1n) is 6.70. The van der Waals surface area contributed by atoms with Gasteiger partial charge >= 0.3 is 0 Å². The second-order valence-electron chi connectivity index (χ2n) is 4.41. The number of nitro groups is 1. The van der Waals surface area contributed by atoms with Gasteiger partial charge in [0.15, 0.2) is 0 Å². The molecule has 0 fully saturated rings. The summed E-state index contributed by atoms with van der Waals surface area (Å²) in [5.41, 5.74) is 2.81. The monoisotopic (exact) mass is 324 g/mol. The molecule has 8 nitrogen and oxygen atoms in total. The highest BCUT2D eigenvalue weighted by molar-refractivity contribution is 5.94. The molecule has 0 spiro atoms. The van der Waals surface area contributed by atoms with Crippen LogP contribution < -0.4 is 10.2 Å². The number of aromatic nitrogens is 1. The number of ether oxygens (including phenoxy) is 1. The van der Waals surface area contributed by atoms with Crippen LogP contribution in [0.5, 0.6) is 5.75 Å². The van der Waals surface area contributed by atoms with Crippen LogP contribution in [0.4, 0.5) is 5.69 Å². The van der Waals surface area contributed by atoms with Crippen molar-refractivity contribution in [2.24, 2.45) is 5.10 Å². The lowest BCUT2D eigenvalue weighted by Gasteiger charge is -2.06. The molecule has 0 atom stereocenters. The third-order valence-corrected chi connectivity index (χ3v) is 2.81. The number of nitrogens with zero attached hydrogens (tertiary/aromatic N) is 3. The molecule has 1 N–H and O–H groups in total. The summed E-state index contributed by atoms with van der Waals surface area (Å²) in [4.78, 5) is 26.0. The minimum atomic E-state index is -0.545. The Kier molecular flexibility index (Phi) is 5.58. The molecule has 0 radical (unpaired) electrons. The summed E-state index contributed by atoms with van der Waals surface area (Å²) in [5.74, 6) is 2.15. The number of amides is 1. The number of hydrogen-bond donors (Lipinski definition) is 1. The lowest BCUT2D eigenvalue weighted by Crippen LogP contribution is -2.17. The van der Waals surface area contributed by atoms with E-state index in [1.807, 2.05) is 0 Å². The number of benzene rings is 1. The molecule has 2 aromatic rings. The van der Waals surface area contributed by atoms with Crippen molar-refractivity contribution in [2.75, 3.05) is 6.61 Å². The highest BCUT2D eigenvalue weighted by Gasteiger charge is 2.11. The van der Waals surface area contributed by atoms with Crippen molar-refractivity contribution in [3.8, 4) is 18.1 Å². The molecular weight excluding hydrogens is 312 g/mol. The van der Waals surface area contributed by atoms with Crippen LogP contribution in [0.15, 0.2) is 47.8 Å². The molecular formula is C16H12N4O4. The zero-order valence-corrected chi connectivity index (χ0v) is 12.4. The van der Waals surface area contributed by atoms with E-state index >= 15 is 0 Å². The van der Waals surface area contributed by atoms with Gasteiger partial charge in [0, 0.05) is 30.1 Å². The largest absolute Gasteiger partial charge is 0.480 e. The molecule has 1 heterocycles. The van der Waals surface area contributed by atoms with Crippen LogP contribution in [-0.2, 0) is 0 Å². The number of terminal acetylenes is 1. The maximum absolute atomic E-state index is 11.8. The molecule has 0 aliphatic carbocycles. The zero-order valence-electron chi connectivity index (χ0n) is 12.4. The van der Waals surface area contributed by atoms with Crippen LogP contribution in [0.25, 0.3) is 0 Å². The number of carbonyl (C=O) groups excluding carboxylic acids is 1. The van der Waals surface area contributed by atoms with Crippen molar-refractivity contribution in [3.63, 3.8) is 0 Å². The molecule has 0 bridgehead atoms. The SMILES string of the molecule is C#CCOc1ccc([N+](=O)[O-])cc1/C=N\NC(=O)c1cccnc1. The molecule has 24 heavy (non-hydrogen) atoms. The molecule has 8 heteroatoms. The molecule has 120 valence electrons. The van der Waals surface area contributed by atoms with Crippen molar-refractivity contribution in [1.29, 1.82) is 0 Å². The molecule has 1 amide bonds. The Hall–Kier alpha value is -3.73. The summed E-state index contributed by atoms with van der Waals surface area (Å²) in [6.45, 7) is 0.000689. The summed E-state index contributed by atoms with van der Waals surface area (Å²) < 4.78 is 5.29. The van der Waals surface area contributed by atoms with E-state index < -0.39 is 10.8 Å². The third-order valence-electron chi connectivity index (χ3n) is 2.81. The van der Waals surface area contributed by atoms with Gasteiger partial charge in [-0.25, -0.2) is 5.43 Å². The number of nitro benzene ring substituents is 1. The van der Waals surface area contributed by atoms with Crippen molar-refractivity contribution in [2.45, 2.75) is 0 Å². The smallest absolute Gasteiger partial charge is 0.272 e. The van der Waals surface area contributed by atoms with Crippen molar-refractivity contribution >= 4 is 17.8 Å². The van der Waals surface area contributed by atoms with E-state index in [4.69, 9.17) is 11.2 Å². The first kappa shape index (κ1) is 16.6. The molecule has 1 aromatic carbocycles. The van der Waals surface area contributed by atoms with Crippen LogP contribution in [0.3, 0.4) is 0 Å². The van der Waals surface area contributed by atoms with Crippen LogP contribution in [0.1, 0.15) is 15.9 Å². The standard InChI is InChI=1S/C16H12N4O4/c1-2-8-24-15-6-5-14(20(22)23)9-13(15)11-18-19-16(21)12-4-3-7-17-10-12/h1,3-7,9-11H,8H2,(H,19,21)/b18-11-. The van der Waals surface area contributed by atoms with Gasteiger partial charge in [-0.2, -0.15) is 5.10 Å². The van der Waals surface area contributed by atoms with Gasteiger partial charge in [0.2, 0.25) is 0 Å². The lowest BCUT2D eigenvalue weighted by molar-refractivity contribution is -0.384. The molecule has 0 aliphatic rings. The Bertz CT molecular complexity index is 813. The fourth-order valence-corrected chi connectivity index (χ4v) is 1.72. The summed E-state index contributed by atoms with van der Waals surface area (Å²) in [6.07, 6.45) is 9.30. The summed E-state index contributed by atoms with van der Waals surface area (Å²) >= 11 is 0. The highest BCUT2D eigenvalue weighted by Crippen LogP contribution is 2.22. The van der Waals surface area contributed by atoms with E-state index in [-0.39, 0.29) is 12.3 Å². The van der Waals surface area contributed by atoms with E-state index in [2.05, 4.69) is 21.4 Å². The van der Waals surface area contributed by atoms with Crippen molar-refractivity contribution in [3.05, 3.63) is 64.0 Å². The Balaban J connectivity index is 2.17. The van der Waals surface area contributed by atoms with E-state index in [0.29, 0.717) is 16.9 Å². The van der Waals surface area contributed by atoms with E-state index in [1.165, 1.54) is 36.8 Å². The Morgan fingerprint density at radius 1 is 1.50 bits per heavy atom. The fraction of sp³-hybridized carbons (Fsp3) is 0.0625. The Labute approximate surface area is 137 Å². The van der Waals surface area contributed by atoms with E-state index in [1.54, 1.807) is 12.1 Å². The number of hydrazone groups is 1. The summed E-state index contributed by atoms with van der Waals surface area (Å²) in [6, 6.07) is 7.17. The minimum Gasteiger partial charge on any atom is -0.480 e. The summed E-state index contributed by atoms with van der Waals surface area (Å²) in [5, 5.41) is 14.6. The van der Waals surface area contributed by atoms with Crippen molar-refractivity contribution < 1.29 is 14.5 Å². The van der Waals surface area contributed by atoms with E-state index in [0.717, 1.165) is 0 Å². The fourth-order valence-electron chi connectivity index (χ4n) is 1.72. The predicted molar refractivity (Wildman–Crippen MR) is 86.7 cm³/mol. The number of hydrogen-bond acceptors (Lipinski definition) is 6. The topological polar surface area (TPSA) is 107 Å². The second-order valence-corrected chi connectivity index (χ2v) is 4.41. The van der Waals surface area contributed by atoms with Gasteiger partial charge in [0.25, 0.3) is 11.6 Å². The summed E-state index contributed by atoms with van der Waals surface area (Å²) in [7, 11) is 0. The first-order valence-corrected chi connectivity index (χ1v) is 6.70.